The molecule has 1 aliphatic rings. The Morgan fingerprint density at radius 2 is 1.82 bits per heavy atom. The number of hydrogen-bond donors (Lipinski definition) is 0. The molecule has 1 heterocycles. The molecule has 0 aliphatic carbocycles. The minimum absolute atomic E-state index is 0.00723. The van der Waals surface area contributed by atoms with E-state index in [4.69, 9.17) is 32.7 Å². The number of hydrogen-bond acceptors (Lipinski definition) is 6. The first-order chi connectivity index (χ1) is 13.3. The van der Waals surface area contributed by atoms with E-state index in [2.05, 4.69) is 0 Å². The lowest BCUT2D eigenvalue weighted by Gasteiger charge is -2.26. The van der Waals surface area contributed by atoms with Gasteiger partial charge in [0.25, 0.3) is 0 Å². The van der Waals surface area contributed by atoms with Crippen molar-refractivity contribution in [1.29, 1.82) is 0 Å². The summed E-state index contributed by atoms with van der Waals surface area (Å²) in [5.41, 5.74) is 0.225. The summed E-state index contributed by atoms with van der Waals surface area (Å²) in [6, 6.07) is 8.44. The molecule has 11 heteroatoms. The summed E-state index contributed by atoms with van der Waals surface area (Å²) >= 11 is 11.8. The van der Waals surface area contributed by atoms with Crippen LogP contribution in [0.3, 0.4) is 0 Å². The van der Waals surface area contributed by atoms with E-state index < -0.39 is 20.6 Å². The largest absolute Gasteiger partial charge is 0.482 e. The van der Waals surface area contributed by atoms with E-state index in [1.165, 1.54) is 16.4 Å². The Balaban J connectivity index is 1.84. The van der Waals surface area contributed by atoms with E-state index in [0.29, 0.717) is 15.6 Å². The first-order valence-corrected chi connectivity index (χ1v) is 10.4. The van der Waals surface area contributed by atoms with Crippen molar-refractivity contribution in [2.45, 2.75) is 11.5 Å². The van der Waals surface area contributed by atoms with Crippen molar-refractivity contribution < 1.29 is 22.8 Å². The SMILES string of the molecule is O=[N+]([O-])c1cc(S(=O)(=O)N2CCOCC2)ccc1OCc1ccc(Cl)c(Cl)c1. The van der Waals surface area contributed by atoms with Crippen LogP contribution in [-0.2, 0) is 21.4 Å². The number of nitro groups is 1. The highest BCUT2D eigenvalue weighted by Crippen LogP contribution is 2.32. The normalized spacial score (nSPS) is 15.4. The molecule has 2 aromatic rings. The summed E-state index contributed by atoms with van der Waals surface area (Å²) in [5.74, 6) is -0.0444. The van der Waals surface area contributed by atoms with Gasteiger partial charge in [-0.15, -0.1) is 0 Å². The summed E-state index contributed by atoms with van der Waals surface area (Å²) < 4.78 is 37.3. The van der Waals surface area contributed by atoms with Crippen molar-refractivity contribution in [2.24, 2.45) is 0 Å². The van der Waals surface area contributed by atoms with E-state index >= 15 is 0 Å². The van der Waals surface area contributed by atoms with Crippen LogP contribution in [0, 0.1) is 10.1 Å². The summed E-state index contributed by atoms with van der Waals surface area (Å²) in [5, 5.41) is 12.2. The molecular formula is C17H16Cl2N2O6S. The zero-order chi connectivity index (χ0) is 20.3. The van der Waals surface area contributed by atoms with Crippen molar-refractivity contribution in [1.82, 2.24) is 4.31 Å². The fourth-order valence-electron chi connectivity index (χ4n) is 2.65. The Morgan fingerprint density at radius 3 is 2.46 bits per heavy atom. The predicted octanol–water partition coefficient (Wildman–Crippen LogP) is 3.50. The third kappa shape index (κ3) is 4.56. The molecule has 0 N–H and O–H groups in total. The topological polar surface area (TPSA) is 99.0 Å². The molecule has 1 saturated heterocycles. The fraction of sp³-hybridized carbons (Fsp3) is 0.294. The highest BCUT2D eigenvalue weighted by molar-refractivity contribution is 7.89. The first kappa shape index (κ1) is 20.8. The second kappa shape index (κ2) is 8.62. The number of rotatable bonds is 6. The van der Waals surface area contributed by atoms with Gasteiger partial charge in [0, 0.05) is 19.2 Å². The van der Waals surface area contributed by atoms with Gasteiger partial charge in [0.05, 0.1) is 33.1 Å². The third-order valence-electron chi connectivity index (χ3n) is 4.11. The maximum absolute atomic E-state index is 12.7. The molecular weight excluding hydrogens is 431 g/mol. The van der Waals surface area contributed by atoms with Gasteiger partial charge in [0.2, 0.25) is 10.0 Å². The van der Waals surface area contributed by atoms with Crippen LogP contribution in [0.4, 0.5) is 5.69 Å². The maximum atomic E-state index is 12.7. The Bertz CT molecular complexity index is 993. The smallest absolute Gasteiger partial charge is 0.312 e. The molecule has 0 spiro atoms. The quantitative estimate of drug-likeness (QED) is 0.497. The van der Waals surface area contributed by atoms with Crippen LogP contribution in [0.15, 0.2) is 41.3 Å². The lowest BCUT2D eigenvalue weighted by molar-refractivity contribution is -0.386. The number of ether oxygens (including phenoxy) is 2. The molecule has 1 aliphatic heterocycles. The molecule has 0 bridgehead atoms. The fourth-order valence-corrected chi connectivity index (χ4v) is 4.40. The molecule has 0 aromatic heterocycles. The number of halogens is 2. The van der Waals surface area contributed by atoms with Gasteiger partial charge in [0.15, 0.2) is 5.75 Å². The first-order valence-electron chi connectivity index (χ1n) is 8.22. The highest BCUT2D eigenvalue weighted by atomic mass is 35.5. The van der Waals surface area contributed by atoms with E-state index in [-0.39, 0.29) is 43.6 Å². The summed E-state index contributed by atoms with van der Waals surface area (Å²) in [7, 11) is -3.85. The molecule has 1 fully saturated rings. The van der Waals surface area contributed by atoms with Crippen molar-refractivity contribution in [2.75, 3.05) is 26.3 Å². The van der Waals surface area contributed by atoms with Crippen LogP contribution >= 0.6 is 23.2 Å². The zero-order valence-corrected chi connectivity index (χ0v) is 16.8. The van der Waals surface area contributed by atoms with Crippen LogP contribution in [0.5, 0.6) is 5.75 Å². The van der Waals surface area contributed by atoms with Gasteiger partial charge in [0.1, 0.15) is 6.61 Å². The zero-order valence-electron chi connectivity index (χ0n) is 14.5. The highest BCUT2D eigenvalue weighted by Gasteiger charge is 2.29. The van der Waals surface area contributed by atoms with Gasteiger partial charge in [-0.05, 0) is 29.8 Å². The van der Waals surface area contributed by atoms with Gasteiger partial charge >= 0.3 is 5.69 Å². The lowest BCUT2D eigenvalue weighted by Crippen LogP contribution is -2.40. The Labute approximate surface area is 171 Å². The number of sulfonamides is 1. The lowest BCUT2D eigenvalue weighted by atomic mass is 10.2. The van der Waals surface area contributed by atoms with E-state index in [1.54, 1.807) is 18.2 Å². The van der Waals surface area contributed by atoms with Gasteiger partial charge < -0.3 is 9.47 Å². The molecule has 0 amide bonds. The predicted molar refractivity (Wildman–Crippen MR) is 103 cm³/mol. The van der Waals surface area contributed by atoms with Crippen molar-refractivity contribution >= 4 is 38.9 Å². The maximum Gasteiger partial charge on any atom is 0.312 e. The van der Waals surface area contributed by atoms with Crippen molar-refractivity contribution in [3.8, 4) is 5.75 Å². The molecule has 28 heavy (non-hydrogen) atoms. The minimum atomic E-state index is -3.85. The molecule has 0 unspecified atom stereocenters. The number of morpholine rings is 1. The molecule has 3 rings (SSSR count). The molecule has 0 saturated carbocycles. The summed E-state index contributed by atoms with van der Waals surface area (Å²) in [6.07, 6.45) is 0. The van der Waals surface area contributed by atoms with Gasteiger partial charge in [-0.2, -0.15) is 4.31 Å². The molecule has 0 atom stereocenters. The van der Waals surface area contributed by atoms with Crippen LogP contribution < -0.4 is 4.74 Å². The van der Waals surface area contributed by atoms with E-state index in [9.17, 15) is 18.5 Å². The van der Waals surface area contributed by atoms with Crippen LogP contribution in [0.25, 0.3) is 0 Å². The number of nitrogens with zero attached hydrogens (tertiary/aromatic N) is 2. The second-order valence-corrected chi connectivity index (χ2v) is 8.69. The molecule has 2 aromatic carbocycles. The Kier molecular flexibility index (Phi) is 6.41. The standard InChI is InChI=1S/C17H16Cl2N2O6S/c18-14-3-1-12(9-15(14)19)11-27-17-4-2-13(10-16(17)21(22)23)28(24,25)20-5-7-26-8-6-20/h1-4,9-10H,5-8,11H2. The molecule has 150 valence electrons. The number of benzene rings is 2. The summed E-state index contributed by atoms with van der Waals surface area (Å²) in [6.45, 7) is 0.975. The average molecular weight is 447 g/mol. The van der Waals surface area contributed by atoms with Crippen LogP contribution in [0.1, 0.15) is 5.56 Å². The van der Waals surface area contributed by atoms with Crippen LogP contribution in [0.2, 0.25) is 10.0 Å². The molecule has 8 nitrogen and oxygen atoms in total. The van der Waals surface area contributed by atoms with Gasteiger partial charge in [-0.25, -0.2) is 8.42 Å². The Hall–Kier alpha value is -1.91. The monoisotopic (exact) mass is 446 g/mol. The van der Waals surface area contributed by atoms with E-state index in [1.807, 2.05) is 0 Å². The van der Waals surface area contributed by atoms with Crippen LogP contribution in [-0.4, -0.2) is 43.9 Å². The summed E-state index contributed by atoms with van der Waals surface area (Å²) in [4.78, 5) is 10.6. The van der Waals surface area contributed by atoms with Gasteiger partial charge in [-0.3, -0.25) is 10.1 Å². The minimum Gasteiger partial charge on any atom is -0.482 e. The van der Waals surface area contributed by atoms with E-state index in [0.717, 1.165) is 6.07 Å². The molecule has 0 radical (unpaired) electrons. The average Bonchev–Trinajstić information content (AvgIpc) is 2.69. The van der Waals surface area contributed by atoms with Crippen molar-refractivity contribution in [3.05, 3.63) is 62.1 Å². The number of nitro benzene ring substituents is 1. The Morgan fingerprint density at radius 1 is 1.11 bits per heavy atom. The second-order valence-electron chi connectivity index (χ2n) is 5.94. The third-order valence-corrected chi connectivity index (χ3v) is 6.75. The van der Waals surface area contributed by atoms with Crippen molar-refractivity contribution in [3.63, 3.8) is 0 Å². The van der Waals surface area contributed by atoms with Gasteiger partial charge in [-0.1, -0.05) is 29.3 Å².